The Morgan fingerprint density at radius 3 is 2.32 bits per heavy atom. The number of phenols is 1. The van der Waals surface area contributed by atoms with Crippen molar-refractivity contribution in [1.82, 2.24) is 10.2 Å². The quantitative estimate of drug-likeness (QED) is 0.293. The average molecular weight is 562 g/mol. The van der Waals surface area contributed by atoms with Crippen molar-refractivity contribution in [3.8, 4) is 16.9 Å². The highest BCUT2D eigenvalue weighted by molar-refractivity contribution is 6.24. The van der Waals surface area contributed by atoms with E-state index in [1.807, 2.05) is 24.3 Å². The van der Waals surface area contributed by atoms with Crippen molar-refractivity contribution in [2.75, 3.05) is 14.1 Å². The van der Waals surface area contributed by atoms with Crippen LogP contribution in [0.2, 0.25) is 0 Å². The van der Waals surface area contributed by atoms with Crippen molar-refractivity contribution >= 4 is 23.4 Å². The Labute approximate surface area is 235 Å². The van der Waals surface area contributed by atoms with E-state index in [4.69, 9.17) is 5.73 Å². The number of benzene rings is 2. The minimum Gasteiger partial charge on any atom is -0.510 e. The first-order valence-electron chi connectivity index (χ1n) is 13.1. The third kappa shape index (κ3) is 4.20. The number of nitrogens with two attached hydrogens (primary N) is 1. The normalized spacial score (nSPS) is 25.5. The molecule has 11 nitrogen and oxygen atoms in total. The first-order chi connectivity index (χ1) is 19.3. The molecule has 0 spiro atoms. The van der Waals surface area contributed by atoms with Crippen molar-refractivity contribution in [2.24, 2.45) is 17.6 Å². The largest absolute Gasteiger partial charge is 0.510 e. The van der Waals surface area contributed by atoms with E-state index in [9.17, 15) is 39.6 Å². The van der Waals surface area contributed by atoms with Crippen molar-refractivity contribution in [3.05, 3.63) is 75.8 Å². The zero-order valence-corrected chi connectivity index (χ0v) is 22.8. The first-order valence-corrected chi connectivity index (χ1v) is 13.1. The van der Waals surface area contributed by atoms with Crippen LogP contribution in [-0.2, 0) is 27.3 Å². The number of aromatic hydroxyl groups is 1. The lowest BCUT2D eigenvalue weighted by atomic mass is 9.58. The van der Waals surface area contributed by atoms with Crippen LogP contribution in [0.25, 0.3) is 11.1 Å². The number of Topliss-reactive ketones (excluding diaryl/α,β-unsaturated/α-hetero) is 2. The summed E-state index contributed by atoms with van der Waals surface area (Å²) in [6.07, 6.45) is 0.197. The topological polar surface area (TPSA) is 190 Å². The molecule has 41 heavy (non-hydrogen) atoms. The fraction of sp³-hybridized carbons (Fsp3) is 0.333. The Balaban J connectivity index is 1.63. The van der Waals surface area contributed by atoms with Crippen LogP contribution in [0.15, 0.2) is 59.1 Å². The van der Waals surface area contributed by atoms with Crippen LogP contribution in [0.5, 0.6) is 5.75 Å². The molecule has 0 saturated heterocycles. The van der Waals surface area contributed by atoms with E-state index >= 15 is 0 Å². The smallest absolute Gasteiger partial charge is 0.255 e. The highest BCUT2D eigenvalue weighted by Crippen LogP contribution is 2.53. The maximum absolute atomic E-state index is 13.9. The molecule has 0 aromatic heterocycles. The zero-order chi connectivity index (χ0) is 30.0. The lowest BCUT2D eigenvalue weighted by molar-refractivity contribution is -0.148. The Morgan fingerprint density at radius 2 is 1.73 bits per heavy atom. The van der Waals surface area contributed by atoms with Gasteiger partial charge < -0.3 is 31.5 Å². The van der Waals surface area contributed by atoms with E-state index in [0.717, 1.165) is 11.1 Å². The predicted molar refractivity (Wildman–Crippen MR) is 147 cm³/mol. The molecule has 2 aromatic carbocycles. The molecular weight excluding hydrogens is 530 g/mol. The van der Waals surface area contributed by atoms with E-state index in [2.05, 4.69) is 5.32 Å². The third-order valence-electron chi connectivity index (χ3n) is 8.41. The van der Waals surface area contributed by atoms with Crippen LogP contribution in [-0.4, -0.2) is 74.4 Å². The number of rotatable bonds is 5. The number of primary amides is 1. The lowest BCUT2D eigenvalue weighted by Crippen LogP contribution is -2.63. The molecule has 3 aliphatic rings. The summed E-state index contributed by atoms with van der Waals surface area (Å²) in [6, 6.07) is 9.37. The molecule has 4 atom stereocenters. The molecule has 214 valence electrons. The number of amides is 2. The van der Waals surface area contributed by atoms with E-state index < -0.39 is 58.0 Å². The van der Waals surface area contributed by atoms with Gasteiger partial charge in [0.15, 0.2) is 11.4 Å². The number of hydrogen-bond donors (Lipinski definition) is 6. The molecule has 2 aromatic rings. The number of ketones is 2. The first kappa shape index (κ1) is 28.1. The fourth-order valence-corrected chi connectivity index (χ4v) is 6.55. The summed E-state index contributed by atoms with van der Waals surface area (Å²) in [4.78, 5) is 52.2. The second-order valence-electron chi connectivity index (χ2n) is 11.1. The van der Waals surface area contributed by atoms with Gasteiger partial charge in [-0.1, -0.05) is 30.3 Å². The van der Waals surface area contributed by atoms with Crippen LogP contribution in [0.1, 0.15) is 34.8 Å². The van der Waals surface area contributed by atoms with Crippen molar-refractivity contribution in [2.45, 2.75) is 38.0 Å². The number of phenolic OH excluding ortho intramolecular Hbond substituents is 1. The van der Waals surface area contributed by atoms with Gasteiger partial charge in [-0.05, 0) is 61.2 Å². The van der Waals surface area contributed by atoms with Crippen molar-refractivity contribution in [1.29, 1.82) is 0 Å². The van der Waals surface area contributed by atoms with Gasteiger partial charge in [0.1, 0.15) is 22.8 Å². The maximum atomic E-state index is 13.9. The molecule has 5 rings (SSSR count). The van der Waals surface area contributed by atoms with Gasteiger partial charge in [0, 0.05) is 25.0 Å². The maximum Gasteiger partial charge on any atom is 0.255 e. The molecule has 0 radical (unpaired) electrons. The summed E-state index contributed by atoms with van der Waals surface area (Å²) < 4.78 is 0. The van der Waals surface area contributed by atoms with Crippen LogP contribution < -0.4 is 11.1 Å². The second kappa shape index (κ2) is 9.86. The van der Waals surface area contributed by atoms with Gasteiger partial charge in [-0.2, -0.15) is 0 Å². The highest BCUT2D eigenvalue weighted by Gasteiger charge is 2.63. The molecular formula is C30H31N3O8. The number of allylic oxidation sites excluding steroid dienone is 1. The Morgan fingerprint density at radius 1 is 1.07 bits per heavy atom. The average Bonchev–Trinajstić information content (AvgIpc) is 2.89. The molecule has 0 bridgehead atoms. The summed E-state index contributed by atoms with van der Waals surface area (Å²) in [5, 5.41) is 47.5. The van der Waals surface area contributed by atoms with E-state index in [1.165, 1.54) is 17.9 Å². The molecule has 7 N–H and O–H groups in total. The predicted octanol–water partition coefficient (Wildman–Crippen LogP) is 1.42. The molecule has 3 aliphatic carbocycles. The van der Waals surface area contributed by atoms with Gasteiger partial charge >= 0.3 is 0 Å². The number of likely N-dealkylation sites (N-methyl/N-ethyl adjacent to an activating group) is 1. The molecule has 0 aliphatic heterocycles. The van der Waals surface area contributed by atoms with Gasteiger partial charge in [-0.3, -0.25) is 24.1 Å². The number of aliphatic hydroxyl groups excluding tert-OH is 2. The molecule has 2 amide bonds. The molecule has 11 heteroatoms. The minimum atomic E-state index is -2.68. The number of hydrogen-bond acceptors (Lipinski definition) is 9. The molecule has 0 fully saturated rings. The van der Waals surface area contributed by atoms with Gasteiger partial charge in [-0.25, -0.2) is 0 Å². The number of nitrogens with zero attached hydrogens (tertiary/aromatic N) is 1. The molecule has 0 heterocycles. The summed E-state index contributed by atoms with van der Waals surface area (Å²) >= 11 is 0. The Bertz CT molecular complexity index is 1570. The zero-order valence-electron chi connectivity index (χ0n) is 22.8. The summed E-state index contributed by atoms with van der Waals surface area (Å²) in [5.74, 6) is -7.03. The summed E-state index contributed by atoms with van der Waals surface area (Å²) in [7, 11) is 3.16. The van der Waals surface area contributed by atoms with E-state index in [1.54, 1.807) is 20.2 Å². The Kier molecular flexibility index (Phi) is 6.75. The van der Waals surface area contributed by atoms with Gasteiger partial charge in [-0.15, -0.1) is 0 Å². The molecule has 0 unspecified atom stereocenters. The monoisotopic (exact) mass is 561 g/mol. The molecule has 0 saturated carbocycles. The van der Waals surface area contributed by atoms with Gasteiger partial charge in [0.05, 0.1) is 11.6 Å². The van der Waals surface area contributed by atoms with E-state index in [-0.39, 0.29) is 35.6 Å². The minimum absolute atomic E-state index is 0.0104. The number of carbonyl (C=O) groups is 4. The van der Waals surface area contributed by atoms with Crippen LogP contribution in [0.3, 0.4) is 0 Å². The third-order valence-corrected chi connectivity index (χ3v) is 8.41. The van der Waals surface area contributed by atoms with Crippen LogP contribution in [0, 0.1) is 11.8 Å². The number of nitrogens with one attached hydrogen (secondary N) is 1. The summed E-state index contributed by atoms with van der Waals surface area (Å²) in [5.41, 5.74) is 4.44. The summed E-state index contributed by atoms with van der Waals surface area (Å²) in [6.45, 7) is 1.78. The highest BCUT2D eigenvalue weighted by atomic mass is 16.3. The fourth-order valence-electron chi connectivity index (χ4n) is 6.55. The number of fused-ring (bicyclic) bond motifs is 3. The van der Waals surface area contributed by atoms with Crippen molar-refractivity contribution < 1.29 is 39.6 Å². The SMILES string of the molecule is CC(=O)NCc1ccc(-c2ccc(O)c3c2C[C@H]2C[C@H]4[C@H](N(C)C)C(O)=C(C(N)=O)C(=O)[C@@]4(O)C(O)=C2C3=O)cc1. The number of carbonyl (C=O) groups excluding carboxylic acids is 4. The number of aliphatic hydroxyl groups is 3. The van der Waals surface area contributed by atoms with Gasteiger partial charge in [0.25, 0.3) is 5.91 Å². The second-order valence-corrected chi connectivity index (χ2v) is 11.1. The van der Waals surface area contributed by atoms with Crippen molar-refractivity contribution in [3.63, 3.8) is 0 Å². The van der Waals surface area contributed by atoms with E-state index in [0.29, 0.717) is 17.7 Å². The standard InChI is InChI=1S/C30H31N3O8/c1-13(34)32-12-14-4-6-15(7-5-14)17-8-9-20(35)22-18(17)10-16-11-19-24(33(2)3)26(37)23(29(31)40)28(39)30(19,41)27(38)21(16)25(22)36/h4-9,16,19,24,35,37-38,41H,10-12H2,1-3H3,(H2,31,40)(H,32,34)/t16-,19-,24-,30-/m0/s1. The van der Waals surface area contributed by atoms with Crippen LogP contribution >= 0.6 is 0 Å². The Hall–Kier alpha value is -4.48. The van der Waals surface area contributed by atoms with Crippen LogP contribution in [0.4, 0.5) is 0 Å². The van der Waals surface area contributed by atoms with Gasteiger partial charge in [0.2, 0.25) is 11.7 Å². The lowest BCUT2D eigenvalue weighted by Gasteiger charge is -2.50.